The lowest BCUT2D eigenvalue weighted by molar-refractivity contribution is -0.126. The summed E-state index contributed by atoms with van der Waals surface area (Å²) in [5.41, 5.74) is 1.26. The van der Waals surface area contributed by atoms with Gasteiger partial charge in [0.15, 0.2) is 0 Å². The standard InChI is InChI=1S/C18H28N4OS/c1-15(22-9-11-24-12-10-22)18(23)20-17-4-7-21(8-5-17)14-16-3-2-6-19-13-16/h2-3,6,13,15,17H,4-5,7-12,14H2,1H3,(H,20,23)/t15-/m1/s1. The van der Waals surface area contributed by atoms with Crippen molar-refractivity contribution in [2.45, 2.75) is 38.4 Å². The Morgan fingerprint density at radius 2 is 2.08 bits per heavy atom. The molecule has 0 spiro atoms. The van der Waals surface area contributed by atoms with Crippen LogP contribution in [0.4, 0.5) is 0 Å². The van der Waals surface area contributed by atoms with Gasteiger partial charge >= 0.3 is 0 Å². The van der Waals surface area contributed by atoms with Crippen LogP contribution in [0.15, 0.2) is 24.5 Å². The number of rotatable bonds is 5. The van der Waals surface area contributed by atoms with Crippen molar-refractivity contribution in [3.8, 4) is 0 Å². The SMILES string of the molecule is C[C@H](C(=O)NC1CCN(Cc2cccnc2)CC1)N1CCSCC1. The van der Waals surface area contributed by atoms with E-state index in [1.54, 1.807) is 0 Å². The van der Waals surface area contributed by atoms with E-state index in [1.165, 1.54) is 5.56 Å². The van der Waals surface area contributed by atoms with E-state index in [0.717, 1.165) is 57.1 Å². The first-order valence-electron chi connectivity index (χ1n) is 8.96. The van der Waals surface area contributed by atoms with E-state index < -0.39 is 0 Å². The number of hydrogen-bond acceptors (Lipinski definition) is 5. The Morgan fingerprint density at radius 1 is 1.33 bits per heavy atom. The Hall–Kier alpha value is -1.11. The molecule has 3 rings (SSSR count). The van der Waals surface area contributed by atoms with Gasteiger partial charge in [-0.15, -0.1) is 0 Å². The molecule has 2 saturated heterocycles. The first-order chi connectivity index (χ1) is 11.7. The third-order valence-electron chi connectivity index (χ3n) is 5.04. The molecule has 1 aromatic heterocycles. The van der Waals surface area contributed by atoms with Crippen LogP contribution in [-0.4, -0.2) is 70.5 Å². The fraction of sp³-hybridized carbons (Fsp3) is 0.667. The average molecular weight is 349 g/mol. The number of piperidine rings is 1. The van der Waals surface area contributed by atoms with Crippen LogP contribution in [0.25, 0.3) is 0 Å². The Labute approximate surface area is 149 Å². The summed E-state index contributed by atoms with van der Waals surface area (Å²) < 4.78 is 0. The number of likely N-dealkylation sites (tertiary alicyclic amines) is 1. The van der Waals surface area contributed by atoms with Crippen molar-refractivity contribution in [2.75, 3.05) is 37.7 Å². The number of amides is 1. The van der Waals surface area contributed by atoms with E-state index in [9.17, 15) is 4.79 Å². The summed E-state index contributed by atoms with van der Waals surface area (Å²) in [6, 6.07) is 4.44. The second-order valence-corrected chi connectivity index (χ2v) is 7.97. The Morgan fingerprint density at radius 3 is 2.75 bits per heavy atom. The second kappa shape index (κ2) is 8.83. The highest BCUT2D eigenvalue weighted by Crippen LogP contribution is 2.15. The van der Waals surface area contributed by atoms with Crippen LogP contribution in [0.2, 0.25) is 0 Å². The highest BCUT2D eigenvalue weighted by molar-refractivity contribution is 7.99. The van der Waals surface area contributed by atoms with Gasteiger partial charge in [-0.2, -0.15) is 11.8 Å². The number of aromatic nitrogens is 1. The molecule has 6 heteroatoms. The molecular formula is C18H28N4OS. The summed E-state index contributed by atoms with van der Waals surface area (Å²) in [6.45, 7) is 7.13. The minimum absolute atomic E-state index is 0.000627. The van der Waals surface area contributed by atoms with Gasteiger partial charge in [-0.1, -0.05) is 6.07 Å². The van der Waals surface area contributed by atoms with E-state index in [4.69, 9.17) is 0 Å². The molecule has 24 heavy (non-hydrogen) atoms. The van der Waals surface area contributed by atoms with Crippen molar-refractivity contribution < 1.29 is 4.79 Å². The van der Waals surface area contributed by atoms with Gasteiger partial charge in [-0.25, -0.2) is 0 Å². The van der Waals surface area contributed by atoms with Crippen LogP contribution in [0.5, 0.6) is 0 Å². The zero-order valence-electron chi connectivity index (χ0n) is 14.5. The minimum Gasteiger partial charge on any atom is -0.352 e. The highest BCUT2D eigenvalue weighted by Gasteiger charge is 2.26. The minimum atomic E-state index is -0.000627. The molecule has 1 N–H and O–H groups in total. The lowest BCUT2D eigenvalue weighted by Gasteiger charge is -2.35. The van der Waals surface area contributed by atoms with Gasteiger partial charge in [0.1, 0.15) is 0 Å². The van der Waals surface area contributed by atoms with Crippen molar-refractivity contribution in [1.82, 2.24) is 20.1 Å². The smallest absolute Gasteiger partial charge is 0.237 e. The first kappa shape index (κ1) is 17.7. The van der Waals surface area contributed by atoms with Gasteiger partial charge < -0.3 is 5.32 Å². The van der Waals surface area contributed by atoms with Gasteiger partial charge in [0, 0.05) is 62.7 Å². The molecule has 1 amide bonds. The molecule has 1 aromatic rings. The van der Waals surface area contributed by atoms with Crippen LogP contribution in [0, 0.1) is 0 Å². The van der Waals surface area contributed by atoms with Crippen LogP contribution < -0.4 is 5.32 Å². The topological polar surface area (TPSA) is 48.5 Å². The second-order valence-electron chi connectivity index (χ2n) is 6.74. The molecule has 2 fully saturated rings. The van der Waals surface area contributed by atoms with Crippen molar-refractivity contribution in [3.05, 3.63) is 30.1 Å². The van der Waals surface area contributed by atoms with Crippen LogP contribution in [0.3, 0.4) is 0 Å². The number of carbonyl (C=O) groups is 1. The number of pyridine rings is 1. The Bertz CT molecular complexity index is 513. The Kier molecular flexibility index (Phi) is 6.51. The molecule has 0 unspecified atom stereocenters. The molecule has 0 aromatic carbocycles. The summed E-state index contributed by atoms with van der Waals surface area (Å²) in [5.74, 6) is 2.49. The number of thioether (sulfide) groups is 1. The van der Waals surface area contributed by atoms with Crippen molar-refractivity contribution in [3.63, 3.8) is 0 Å². The summed E-state index contributed by atoms with van der Waals surface area (Å²) in [4.78, 5) is 21.4. The highest BCUT2D eigenvalue weighted by atomic mass is 32.2. The van der Waals surface area contributed by atoms with E-state index in [-0.39, 0.29) is 11.9 Å². The molecule has 0 radical (unpaired) electrons. The lowest BCUT2D eigenvalue weighted by Crippen LogP contribution is -2.52. The van der Waals surface area contributed by atoms with Crippen LogP contribution >= 0.6 is 11.8 Å². The van der Waals surface area contributed by atoms with E-state index >= 15 is 0 Å². The Balaban J connectivity index is 1.40. The number of hydrogen-bond donors (Lipinski definition) is 1. The summed E-state index contributed by atoms with van der Waals surface area (Å²) in [5, 5.41) is 3.27. The number of nitrogens with one attached hydrogen (secondary N) is 1. The zero-order chi connectivity index (χ0) is 16.8. The van der Waals surface area contributed by atoms with Gasteiger partial charge in [-0.3, -0.25) is 19.6 Å². The summed E-state index contributed by atoms with van der Waals surface area (Å²) in [6.07, 6.45) is 5.82. The molecule has 0 saturated carbocycles. The van der Waals surface area contributed by atoms with E-state index in [1.807, 2.05) is 37.1 Å². The maximum absolute atomic E-state index is 12.5. The van der Waals surface area contributed by atoms with Crippen molar-refractivity contribution in [2.24, 2.45) is 0 Å². The third-order valence-corrected chi connectivity index (χ3v) is 5.98. The monoisotopic (exact) mass is 348 g/mol. The molecule has 132 valence electrons. The third kappa shape index (κ3) is 4.94. The predicted molar refractivity (Wildman–Crippen MR) is 99.0 cm³/mol. The summed E-state index contributed by atoms with van der Waals surface area (Å²) in [7, 11) is 0. The molecule has 2 aliphatic heterocycles. The van der Waals surface area contributed by atoms with E-state index in [2.05, 4.69) is 26.2 Å². The van der Waals surface area contributed by atoms with Crippen molar-refractivity contribution in [1.29, 1.82) is 0 Å². The molecule has 2 aliphatic rings. The molecule has 0 aliphatic carbocycles. The van der Waals surface area contributed by atoms with E-state index in [0.29, 0.717) is 6.04 Å². The molecule has 5 nitrogen and oxygen atoms in total. The quantitative estimate of drug-likeness (QED) is 0.876. The zero-order valence-corrected chi connectivity index (χ0v) is 15.3. The largest absolute Gasteiger partial charge is 0.352 e. The number of carbonyl (C=O) groups excluding carboxylic acids is 1. The van der Waals surface area contributed by atoms with Crippen molar-refractivity contribution >= 4 is 17.7 Å². The lowest BCUT2D eigenvalue weighted by atomic mass is 10.0. The van der Waals surface area contributed by atoms with Crippen LogP contribution in [0.1, 0.15) is 25.3 Å². The summed E-state index contributed by atoms with van der Waals surface area (Å²) >= 11 is 1.98. The molecule has 0 bridgehead atoms. The molecule has 3 heterocycles. The fourth-order valence-electron chi connectivity index (χ4n) is 3.44. The van der Waals surface area contributed by atoms with Gasteiger partial charge in [-0.05, 0) is 31.4 Å². The molecular weight excluding hydrogens is 320 g/mol. The maximum atomic E-state index is 12.5. The first-order valence-corrected chi connectivity index (χ1v) is 10.1. The normalized spacial score (nSPS) is 22.2. The number of nitrogens with zero attached hydrogens (tertiary/aromatic N) is 3. The molecule has 1 atom stereocenters. The fourth-order valence-corrected chi connectivity index (χ4v) is 4.37. The van der Waals surface area contributed by atoms with Gasteiger partial charge in [0.2, 0.25) is 5.91 Å². The average Bonchev–Trinajstić information content (AvgIpc) is 2.64. The van der Waals surface area contributed by atoms with Crippen LogP contribution in [-0.2, 0) is 11.3 Å². The van der Waals surface area contributed by atoms with Gasteiger partial charge in [0.05, 0.1) is 6.04 Å². The predicted octanol–water partition coefficient (Wildman–Crippen LogP) is 1.60. The maximum Gasteiger partial charge on any atom is 0.237 e. The van der Waals surface area contributed by atoms with Gasteiger partial charge in [0.25, 0.3) is 0 Å².